The van der Waals surface area contributed by atoms with Crippen LogP contribution in [0.25, 0.3) is 33.4 Å². The Morgan fingerprint density at radius 3 is 2.51 bits per heavy atom. The van der Waals surface area contributed by atoms with E-state index < -0.39 is 0 Å². The van der Waals surface area contributed by atoms with E-state index in [0.29, 0.717) is 11.7 Å². The summed E-state index contributed by atoms with van der Waals surface area (Å²) in [6.45, 7) is 1.90. The van der Waals surface area contributed by atoms with Crippen molar-refractivity contribution < 1.29 is 4.74 Å². The molecule has 0 saturated carbocycles. The van der Waals surface area contributed by atoms with Crippen LogP contribution in [0.2, 0.25) is 0 Å². The molecule has 6 rings (SSSR count). The van der Waals surface area contributed by atoms with Crippen molar-refractivity contribution in [3.05, 3.63) is 103 Å². The summed E-state index contributed by atoms with van der Waals surface area (Å²) in [5.41, 5.74) is 5.47. The van der Waals surface area contributed by atoms with Gasteiger partial charge in [0.25, 0.3) is 0 Å². The molecule has 5 heteroatoms. The molecule has 172 valence electrons. The van der Waals surface area contributed by atoms with Gasteiger partial charge in [0.05, 0.1) is 12.6 Å². The molecule has 0 amide bonds. The van der Waals surface area contributed by atoms with Gasteiger partial charge in [-0.1, -0.05) is 48.5 Å². The van der Waals surface area contributed by atoms with E-state index in [1.807, 2.05) is 30.5 Å². The lowest BCUT2D eigenvalue weighted by Gasteiger charge is -2.21. The first-order valence-corrected chi connectivity index (χ1v) is 11.9. The van der Waals surface area contributed by atoms with Crippen LogP contribution >= 0.6 is 0 Å². The zero-order valence-corrected chi connectivity index (χ0v) is 19.6. The van der Waals surface area contributed by atoms with Crippen LogP contribution < -0.4 is 9.64 Å². The van der Waals surface area contributed by atoms with Crippen molar-refractivity contribution in [3.63, 3.8) is 0 Å². The summed E-state index contributed by atoms with van der Waals surface area (Å²) in [5, 5.41) is 1.06. The quantitative estimate of drug-likeness (QED) is 0.307. The van der Waals surface area contributed by atoms with E-state index in [2.05, 4.69) is 70.5 Å². The number of ether oxygens (including phenoxy) is 1. The van der Waals surface area contributed by atoms with Gasteiger partial charge in [-0.2, -0.15) is 0 Å². The summed E-state index contributed by atoms with van der Waals surface area (Å²) < 4.78 is 5.45. The number of rotatable bonds is 5. The maximum absolute atomic E-state index is 5.45. The fourth-order valence-corrected chi connectivity index (χ4v) is 4.91. The maximum Gasteiger partial charge on any atom is 0.163 e. The molecular weight excluding hydrogens is 432 g/mol. The fraction of sp³-hybridized carbons (Fsp3) is 0.167. The number of hydrogen-bond acceptors (Lipinski definition) is 5. The zero-order chi connectivity index (χ0) is 23.6. The molecule has 1 atom stereocenters. The molecule has 1 aliphatic heterocycles. The minimum absolute atomic E-state index is 0.490. The monoisotopic (exact) mass is 458 g/mol. The summed E-state index contributed by atoms with van der Waals surface area (Å²) in [6, 6.07) is 29.3. The second-order valence-corrected chi connectivity index (χ2v) is 8.92. The number of methoxy groups -OCH3 is 1. The lowest BCUT2D eigenvalue weighted by molar-refractivity contribution is 0.415. The van der Waals surface area contributed by atoms with Crippen LogP contribution in [0.4, 0.5) is 5.82 Å². The van der Waals surface area contributed by atoms with Gasteiger partial charge in [0.2, 0.25) is 0 Å². The Hall–Kier alpha value is -4.25. The van der Waals surface area contributed by atoms with E-state index in [9.17, 15) is 0 Å². The summed E-state index contributed by atoms with van der Waals surface area (Å²) in [7, 11) is 1.70. The van der Waals surface area contributed by atoms with Crippen molar-refractivity contribution in [2.24, 2.45) is 0 Å². The molecule has 2 aromatic heterocycles. The molecule has 1 fully saturated rings. The van der Waals surface area contributed by atoms with Crippen molar-refractivity contribution in [1.82, 2.24) is 15.0 Å². The highest BCUT2D eigenvalue weighted by atomic mass is 16.5. The summed E-state index contributed by atoms with van der Waals surface area (Å²) in [5.74, 6) is 3.02. The van der Waals surface area contributed by atoms with Crippen LogP contribution in [0.3, 0.4) is 0 Å². The molecule has 3 aromatic carbocycles. The lowest BCUT2D eigenvalue weighted by atomic mass is 9.99. The van der Waals surface area contributed by atoms with Crippen LogP contribution in [0, 0.1) is 0 Å². The van der Waals surface area contributed by atoms with Gasteiger partial charge in [-0.05, 0) is 59.5 Å². The number of anilines is 1. The number of nitrogens with zero attached hydrogens (tertiary/aromatic N) is 4. The van der Waals surface area contributed by atoms with Gasteiger partial charge >= 0.3 is 0 Å². The van der Waals surface area contributed by atoms with Crippen LogP contribution in [-0.2, 0) is 0 Å². The third-order valence-electron chi connectivity index (χ3n) is 6.76. The van der Waals surface area contributed by atoms with Crippen molar-refractivity contribution in [2.75, 3.05) is 25.1 Å². The number of aromatic nitrogens is 3. The first-order chi connectivity index (χ1) is 17.3. The van der Waals surface area contributed by atoms with Crippen molar-refractivity contribution in [3.8, 4) is 28.3 Å². The van der Waals surface area contributed by atoms with Gasteiger partial charge in [0.1, 0.15) is 11.6 Å². The predicted octanol–water partition coefficient (Wildman–Crippen LogP) is 6.36. The molecule has 0 aliphatic carbocycles. The molecule has 35 heavy (non-hydrogen) atoms. The van der Waals surface area contributed by atoms with Crippen LogP contribution in [0.1, 0.15) is 17.9 Å². The molecule has 3 heterocycles. The lowest BCUT2D eigenvalue weighted by Crippen LogP contribution is -2.21. The summed E-state index contributed by atoms with van der Waals surface area (Å²) in [4.78, 5) is 16.7. The van der Waals surface area contributed by atoms with E-state index >= 15 is 0 Å². The average Bonchev–Trinajstić information content (AvgIpc) is 3.43. The van der Waals surface area contributed by atoms with Gasteiger partial charge in [-0.3, -0.25) is 4.98 Å². The first kappa shape index (κ1) is 21.3. The maximum atomic E-state index is 5.45. The third-order valence-corrected chi connectivity index (χ3v) is 6.76. The van der Waals surface area contributed by atoms with Crippen LogP contribution in [0.15, 0.2) is 97.3 Å². The standard InChI is InChI=1S/C30H26N4O/c1-35-26-11-5-9-22(17-26)23-12-13-28-27(18-23)30(33-29(32-28)24-10-6-15-31-19-24)34-16-14-25(20-34)21-7-3-2-4-8-21/h2-13,15,17-19,25H,14,16,20H2,1H3. The number of hydrogen-bond donors (Lipinski definition) is 0. The van der Waals surface area contributed by atoms with E-state index in [1.165, 1.54) is 5.56 Å². The highest BCUT2D eigenvalue weighted by Crippen LogP contribution is 2.36. The van der Waals surface area contributed by atoms with Crippen molar-refractivity contribution in [1.29, 1.82) is 0 Å². The molecule has 5 nitrogen and oxygen atoms in total. The molecule has 1 aliphatic rings. The van der Waals surface area contributed by atoms with Crippen molar-refractivity contribution >= 4 is 16.7 Å². The van der Waals surface area contributed by atoms with Gasteiger partial charge in [-0.15, -0.1) is 0 Å². The second-order valence-electron chi connectivity index (χ2n) is 8.92. The minimum Gasteiger partial charge on any atom is -0.497 e. The zero-order valence-electron chi connectivity index (χ0n) is 19.6. The number of pyridine rings is 1. The van der Waals surface area contributed by atoms with Crippen molar-refractivity contribution in [2.45, 2.75) is 12.3 Å². The Balaban J connectivity index is 1.46. The van der Waals surface area contributed by atoms with Crippen LogP contribution in [-0.4, -0.2) is 35.2 Å². The van der Waals surface area contributed by atoms with Crippen LogP contribution in [0.5, 0.6) is 5.75 Å². The highest BCUT2D eigenvalue weighted by Gasteiger charge is 2.27. The molecule has 5 aromatic rings. The highest BCUT2D eigenvalue weighted by molar-refractivity contribution is 5.94. The second kappa shape index (κ2) is 9.18. The van der Waals surface area contributed by atoms with Gasteiger partial charge in [-0.25, -0.2) is 9.97 Å². The smallest absolute Gasteiger partial charge is 0.163 e. The fourth-order valence-electron chi connectivity index (χ4n) is 4.91. The number of benzene rings is 3. The molecule has 0 radical (unpaired) electrons. The molecular formula is C30H26N4O. The topological polar surface area (TPSA) is 51.1 Å². The Morgan fingerprint density at radius 1 is 0.829 bits per heavy atom. The number of fused-ring (bicyclic) bond motifs is 1. The molecule has 0 spiro atoms. The molecule has 0 N–H and O–H groups in total. The van der Waals surface area contributed by atoms with Gasteiger partial charge in [0, 0.05) is 42.4 Å². The summed E-state index contributed by atoms with van der Waals surface area (Å²) in [6.07, 6.45) is 4.70. The normalized spacial score (nSPS) is 15.5. The predicted molar refractivity (Wildman–Crippen MR) is 141 cm³/mol. The molecule has 0 bridgehead atoms. The third kappa shape index (κ3) is 4.21. The Kier molecular flexibility index (Phi) is 5.59. The first-order valence-electron chi connectivity index (χ1n) is 11.9. The molecule has 1 unspecified atom stereocenters. The Morgan fingerprint density at radius 2 is 1.69 bits per heavy atom. The van der Waals surface area contributed by atoms with Gasteiger partial charge in [0.15, 0.2) is 5.82 Å². The van der Waals surface area contributed by atoms with Gasteiger partial charge < -0.3 is 9.64 Å². The Labute approximate surface area is 205 Å². The molecule has 1 saturated heterocycles. The largest absolute Gasteiger partial charge is 0.497 e. The minimum atomic E-state index is 0.490. The van der Waals surface area contributed by atoms with E-state index in [1.54, 1.807) is 13.3 Å². The SMILES string of the molecule is COc1cccc(-c2ccc3nc(-c4cccnc4)nc(N4CCC(c5ccccc5)C4)c3c2)c1. The van der Waals surface area contributed by atoms with E-state index in [4.69, 9.17) is 14.7 Å². The van der Waals surface area contributed by atoms with E-state index in [-0.39, 0.29) is 0 Å². The Bertz CT molecular complexity index is 1470. The average molecular weight is 459 g/mol. The van der Waals surface area contributed by atoms with E-state index in [0.717, 1.165) is 58.7 Å². The summed E-state index contributed by atoms with van der Waals surface area (Å²) >= 11 is 0.